The fourth-order valence-corrected chi connectivity index (χ4v) is 6.94. The molecule has 0 aromatic carbocycles. The highest BCUT2D eigenvalue weighted by Crippen LogP contribution is 2.38. The predicted molar refractivity (Wildman–Crippen MR) is 228 cm³/mol. The number of phosphoric ester groups is 1. The zero-order valence-electron chi connectivity index (χ0n) is 35.9. The summed E-state index contributed by atoms with van der Waals surface area (Å²) in [5.41, 5.74) is 0. The van der Waals surface area contributed by atoms with Crippen LogP contribution in [0.4, 0.5) is 0 Å². The molecule has 0 aliphatic heterocycles. The highest BCUT2D eigenvalue weighted by molar-refractivity contribution is 7.45. The van der Waals surface area contributed by atoms with Crippen molar-refractivity contribution in [1.29, 1.82) is 0 Å². The van der Waals surface area contributed by atoms with Gasteiger partial charge >= 0.3 is 0 Å². The van der Waals surface area contributed by atoms with E-state index in [-0.39, 0.29) is 12.5 Å². The minimum Gasteiger partial charge on any atom is -0.756 e. The van der Waals surface area contributed by atoms with Crippen molar-refractivity contribution in [3.63, 3.8) is 0 Å². The van der Waals surface area contributed by atoms with Gasteiger partial charge in [-0.3, -0.25) is 9.36 Å². The average molecular weight is 783 g/mol. The first-order chi connectivity index (χ1) is 26.0. The molecule has 0 spiro atoms. The summed E-state index contributed by atoms with van der Waals surface area (Å²) < 4.78 is 23.1. The lowest BCUT2D eigenvalue weighted by Gasteiger charge is -2.29. The van der Waals surface area contributed by atoms with Gasteiger partial charge in [0, 0.05) is 6.42 Å². The number of unbranched alkanes of at least 4 members (excludes halogenated alkanes) is 23. The maximum absolute atomic E-state index is 12.8. The molecule has 0 radical (unpaired) electrons. The first-order valence-corrected chi connectivity index (χ1v) is 23.8. The van der Waals surface area contributed by atoms with Gasteiger partial charge in [0.2, 0.25) is 5.91 Å². The molecule has 8 nitrogen and oxygen atoms in total. The van der Waals surface area contributed by atoms with Crippen LogP contribution in [-0.2, 0) is 18.4 Å². The van der Waals surface area contributed by atoms with Crippen LogP contribution in [0, 0.1) is 0 Å². The number of aliphatic hydroxyl groups excluding tert-OH is 1. The van der Waals surface area contributed by atoms with Crippen molar-refractivity contribution in [1.82, 2.24) is 5.32 Å². The van der Waals surface area contributed by atoms with Gasteiger partial charge in [-0.15, -0.1) is 0 Å². The Labute approximate surface area is 334 Å². The van der Waals surface area contributed by atoms with Crippen LogP contribution in [0.2, 0.25) is 0 Å². The lowest BCUT2D eigenvalue weighted by Crippen LogP contribution is -2.45. The number of allylic oxidation sites excluding steroid dienone is 5. The van der Waals surface area contributed by atoms with Crippen LogP contribution in [0.25, 0.3) is 0 Å². The molecule has 54 heavy (non-hydrogen) atoms. The van der Waals surface area contributed by atoms with E-state index in [9.17, 15) is 19.4 Å². The predicted octanol–water partition coefficient (Wildman–Crippen LogP) is 11.7. The zero-order chi connectivity index (χ0) is 40.0. The summed E-state index contributed by atoms with van der Waals surface area (Å²) in [6, 6.07) is -0.899. The van der Waals surface area contributed by atoms with Crippen molar-refractivity contribution in [3.05, 3.63) is 36.5 Å². The molecule has 2 N–H and O–H groups in total. The molecule has 0 saturated heterocycles. The smallest absolute Gasteiger partial charge is 0.268 e. The maximum Gasteiger partial charge on any atom is 0.268 e. The van der Waals surface area contributed by atoms with Crippen LogP contribution < -0.4 is 10.2 Å². The van der Waals surface area contributed by atoms with Crippen molar-refractivity contribution in [2.45, 2.75) is 206 Å². The first kappa shape index (κ1) is 52.7. The van der Waals surface area contributed by atoms with Crippen molar-refractivity contribution in [2.24, 2.45) is 0 Å². The number of likely N-dealkylation sites (N-methyl/N-ethyl adjacent to an activating group) is 1. The second kappa shape index (κ2) is 37.3. The Morgan fingerprint density at radius 1 is 0.630 bits per heavy atom. The molecule has 318 valence electrons. The third-order valence-corrected chi connectivity index (χ3v) is 10.8. The van der Waals surface area contributed by atoms with Crippen molar-refractivity contribution >= 4 is 13.7 Å². The zero-order valence-corrected chi connectivity index (χ0v) is 36.8. The molecule has 0 aliphatic carbocycles. The molecular formula is C45H87N2O6P. The minimum absolute atomic E-state index is 0.00637. The van der Waals surface area contributed by atoms with E-state index in [1.54, 1.807) is 6.08 Å². The molecular weight excluding hydrogens is 695 g/mol. The fraction of sp³-hybridized carbons (Fsp3) is 0.844. The van der Waals surface area contributed by atoms with E-state index in [0.717, 1.165) is 38.5 Å². The molecule has 9 heteroatoms. The van der Waals surface area contributed by atoms with E-state index in [2.05, 4.69) is 43.5 Å². The summed E-state index contributed by atoms with van der Waals surface area (Å²) in [5, 5.41) is 13.7. The Morgan fingerprint density at radius 2 is 1.04 bits per heavy atom. The highest BCUT2D eigenvalue weighted by Gasteiger charge is 2.23. The van der Waals surface area contributed by atoms with Gasteiger partial charge in [0.1, 0.15) is 13.2 Å². The molecule has 0 fully saturated rings. The number of hydrogen-bond acceptors (Lipinski definition) is 6. The Morgan fingerprint density at radius 3 is 1.54 bits per heavy atom. The summed E-state index contributed by atoms with van der Waals surface area (Å²) in [5.74, 6) is -0.210. The van der Waals surface area contributed by atoms with Gasteiger partial charge in [-0.2, -0.15) is 0 Å². The monoisotopic (exact) mass is 783 g/mol. The number of hydrogen-bond donors (Lipinski definition) is 2. The van der Waals surface area contributed by atoms with Gasteiger partial charge in [0.05, 0.1) is 39.9 Å². The van der Waals surface area contributed by atoms with Gasteiger partial charge in [-0.1, -0.05) is 166 Å². The minimum atomic E-state index is -4.59. The number of phosphoric acid groups is 1. The fourth-order valence-electron chi connectivity index (χ4n) is 6.22. The summed E-state index contributed by atoms with van der Waals surface area (Å²) >= 11 is 0. The third kappa shape index (κ3) is 39.0. The lowest BCUT2D eigenvalue weighted by atomic mass is 10.0. The summed E-state index contributed by atoms with van der Waals surface area (Å²) in [6.07, 6.45) is 45.0. The van der Waals surface area contributed by atoms with E-state index in [1.807, 2.05) is 27.2 Å². The van der Waals surface area contributed by atoms with Crippen LogP contribution in [0.5, 0.6) is 0 Å². The second-order valence-electron chi connectivity index (χ2n) is 16.4. The van der Waals surface area contributed by atoms with Gasteiger partial charge < -0.3 is 28.8 Å². The SMILES string of the molecule is CCCCC/C=C/CC/C=C/[C@@H](O)[C@H](COP(=O)([O-])OCC[N+](C)(C)C)NC(=O)CCCCCCCCCCCCCCC/C=C/CCCCCCCC. The van der Waals surface area contributed by atoms with Crippen LogP contribution in [0.3, 0.4) is 0 Å². The van der Waals surface area contributed by atoms with Crippen molar-refractivity contribution < 1.29 is 32.9 Å². The van der Waals surface area contributed by atoms with Crippen molar-refractivity contribution in [3.8, 4) is 0 Å². The molecule has 0 aliphatic rings. The Kier molecular flexibility index (Phi) is 36.4. The van der Waals surface area contributed by atoms with E-state index in [4.69, 9.17) is 9.05 Å². The average Bonchev–Trinajstić information content (AvgIpc) is 3.12. The van der Waals surface area contributed by atoms with Crippen LogP contribution in [0.15, 0.2) is 36.5 Å². The molecule has 0 rings (SSSR count). The van der Waals surface area contributed by atoms with Gasteiger partial charge in [0.25, 0.3) is 7.82 Å². The molecule has 3 atom stereocenters. The van der Waals surface area contributed by atoms with E-state index in [0.29, 0.717) is 17.4 Å². The molecule has 0 saturated carbocycles. The largest absolute Gasteiger partial charge is 0.756 e. The molecule has 1 amide bonds. The second-order valence-corrected chi connectivity index (χ2v) is 17.8. The summed E-state index contributed by atoms with van der Waals surface area (Å²) in [4.78, 5) is 25.2. The highest BCUT2D eigenvalue weighted by atomic mass is 31.2. The standard InChI is InChI=1S/C45H87N2O6P/c1-6-8-10-12-14-16-17-18-19-20-21-22-23-24-25-26-27-28-29-31-33-35-37-39-45(49)46-43(42-53-54(50,51)52-41-40-47(3,4)5)44(48)38-36-34-32-30-15-13-11-9-7-2/h15,18-19,30,36,38,43-44,48H,6-14,16-17,20-29,31-35,37,39-42H2,1-5H3,(H-,46,49,50,51)/b19-18+,30-15+,38-36+/t43-,44+/m0/s1. The van der Waals surface area contributed by atoms with Crippen LogP contribution >= 0.6 is 7.82 Å². The topological polar surface area (TPSA) is 108 Å². The first-order valence-electron chi connectivity index (χ1n) is 22.4. The normalized spacial score (nSPS) is 14.7. The molecule has 0 heterocycles. The van der Waals surface area contributed by atoms with E-state index < -0.39 is 26.6 Å². The van der Waals surface area contributed by atoms with Crippen LogP contribution in [-0.4, -0.2) is 68.5 Å². The number of aliphatic hydroxyl groups is 1. The Balaban J connectivity index is 4.21. The number of quaternary nitrogens is 1. The van der Waals surface area contributed by atoms with E-state index in [1.165, 1.54) is 135 Å². The number of carbonyl (C=O) groups is 1. The molecule has 0 aromatic heterocycles. The summed E-state index contributed by atoms with van der Waals surface area (Å²) in [7, 11) is 1.24. The number of carbonyl (C=O) groups excluding carboxylic acids is 1. The van der Waals surface area contributed by atoms with Crippen molar-refractivity contribution in [2.75, 3.05) is 40.9 Å². The number of amides is 1. The number of nitrogens with one attached hydrogen (secondary N) is 1. The van der Waals surface area contributed by atoms with Crippen LogP contribution in [0.1, 0.15) is 194 Å². The Bertz CT molecular complexity index is 980. The van der Waals surface area contributed by atoms with Gasteiger partial charge in [0.15, 0.2) is 0 Å². The quantitative estimate of drug-likeness (QED) is 0.0277. The Hall–Kier alpha value is -1.28. The summed E-state index contributed by atoms with van der Waals surface area (Å²) in [6.45, 7) is 4.56. The molecule has 0 aromatic rings. The molecule has 0 bridgehead atoms. The number of nitrogens with zero attached hydrogens (tertiary/aromatic N) is 1. The number of rotatable bonds is 40. The maximum atomic E-state index is 12.8. The molecule has 1 unspecified atom stereocenters. The lowest BCUT2D eigenvalue weighted by molar-refractivity contribution is -0.870. The third-order valence-electron chi connectivity index (χ3n) is 9.82. The van der Waals surface area contributed by atoms with Gasteiger partial charge in [-0.25, -0.2) is 0 Å². The van der Waals surface area contributed by atoms with Gasteiger partial charge in [-0.05, 0) is 57.8 Å². The van der Waals surface area contributed by atoms with E-state index >= 15 is 0 Å².